The van der Waals surface area contributed by atoms with Crippen LogP contribution in [0.15, 0.2) is 30.3 Å². The zero-order valence-electron chi connectivity index (χ0n) is 8.07. The molecule has 0 aromatic heterocycles. The van der Waals surface area contributed by atoms with E-state index in [9.17, 15) is 4.39 Å². The first kappa shape index (κ1) is 9.62. The van der Waals surface area contributed by atoms with Crippen LogP contribution >= 0.6 is 0 Å². The molecule has 1 aromatic rings. The molecular weight excluding hydrogens is 179 g/mol. The van der Waals surface area contributed by atoms with Gasteiger partial charge in [0.25, 0.3) is 0 Å². The molecule has 0 bridgehead atoms. The van der Waals surface area contributed by atoms with Gasteiger partial charge in [0.2, 0.25) is 0 Å². The van der Waals surface area contributed by atoms with Gasteiger partial charge in [0.1, 0.15) is 6.17 Å². The predicted molar refractivity (Wildman–Crippen MR) is 54.6 cm³/mol. The van der Waals surface area contributed by atoms with Crippen LogP contribution in [0.5, 0.6) is 0 Å². The predicted octanol–water partition coefficient (Wildman–Crippen LogP) is 1.17. The van der Waals surface area contributed by atoms with Crippen molar-refractivity contribution in [1.82, 2.24) is 4.90 Å². The summed E-state index contributed by atoms with van der Waals surface area (Å²) in [6.07, 6.45) is -0.862. The van der Waals surface area contributed by atoms with Crippen molar-refractivity contribution >= 4 is 0 Å². The topological polar surface area (TPSA) is 29.3 Å². The van der Waals surface area contributed by atoms with Gasteiger partial charge in [0.15, 0.2) is 0 Å². The van der Waals surface area contributed by atoms with Crippen LogP contribution in [0.4, 0.5) is 4.39 Å². The van der Waals surface area contributed by atoms with Crippen LogP contribution in [0.3, 0.4) is 0 Å². The van der Waals surface area contributed by atoms with Crippen molar-refractivity contribution in [3.05, 3.63) is 35.9 Å². The van der Waals surface area contributed by atoms with E-state index >= 15 is 0 Å². The number of benzene rings is 1. The fourth-order valence-corrected chi connectivity index (χ4v) is 1.84. The van der Waals surface area contributed by atoms with Crippen molar-refractivity contribution in [2.24, 2.45) is 5.73 Å². The Bertz CT molecular complexity index is 279. The molecule has 76 valence electrons. The number of likely N-dealkylation sites (tertiary alicyclic amines) is 1. The molecule has 2 rings (SSSR count). The Balaban J connectivity index is 1.94. The molecule has 1 aliphatic heterocycles. The summed E-state index contributed by atoms with van der Waals surface area (Å²) in [7, 11) is 0. The number of hydrogen-bond donors (Lipinski definition) is 1. The van der Waals surface area contributed by atoms with Gasteiger partial charge in [-0.15, -0.1) is 0 Å². The highest BCUT2D eigenvalue weighted by Gasteiger charge is 2.29. The lowest BCUT2D eigenvalue weighted by molar-refractivity contribution is 0.280. The molecule has 1 heterocycles. The van der Waals surface area contributed by atoms with Gasteiger partial charge >= 0.3 is 0 Å². The first-order valence-corrected chi connectivity index (χ1v) is 4.91. The normalized spacial score (nSPS) is 28.1. The minimum Gasteiger partial charge on any atom is -0.324 e. The van der Waals surface area contributed by atoms with Gasteiger partial charge in [-0.25, -0.2) is 4.39 Å². The van der Waals surface area contributed by atoms with Crippen LogP contribution in [0.2, 0.25) is 0 Å². The maximum absolute atomic E-state index is 13.1. The molecule has 2 nitrogen and oxygen atoms in total. The number of nitrogens with zero attached hydrogens (tertiary/aromatic N) is 1. The van der Waals surface area contributed by atoms with E-state index in [0.717, 1.165) is 6.54 Å². The Labute approximate surface area is 83.5 Å². The summed E-state index contributed by atoms with van der Waals surface area (Å²) in [4.78, 5) is 2.06. The molecule has 0 aliphatic carbocycles. The van der Waals surface area contributed by atoms with Crippen molar-refractivity contribution in [2.45, 2.75) is 18.8 Å². The maximum atomic E-state index is 13.1. The maximum Gasteiger partial charge on any atom is 0.129 e. The molecule has 1 aromatic carbocycles. The molecular formula is C11H15FN2. The number of nitrogens with two attached hydrogens (primary N) is 1. The highest BCUT2D eigenvalue weighted by molar-refractivity contribution is 5.14. The van der Waals surface area contributed by atoms with Gasteiger partial charge in [0.05, 0.1) is 0 Å². The van der Waals surface area contributed by atoms with E-state index in [1.165, 1.54) is 5.56 Å². The van der Waals surface area contributed by atoms with E-state index in [-0.39, 0.29) is 6.04 Å². The van der Waals surface area contributed by atoms with Gasteiger partial charge in [-0.3, -0.25) is 4.90 Å². The number of hydrogen-bond acceptors (Lipinski definition) is 2. The van der Waals surface area contributed by atoms with Crippen LogP contribution in [0.1, 0.15) is 5.56 Å². The molecule has 2 unspecified atom stereocenters. The summed E-state index contributed by atoms with van der Waals surface area (Å²) in [6.45, 7) is 1.93. The van der Waals surface area contributed by atoms with Gasteiger partial charge in [-0.1, -0.05) is 30.3 Å². The van der Waals surface area contributed by atoms with Crippen LogP contribution in [0, 0.1) is 0 Å². The van der Waals surface area contributed by atoms with Crippen LogP contribution in [0.25, 0.3) is 0 Å². The molecule has 2 N–H and O–H groups in total. The Morgan fingerprint density at radius 2 is 2.00 bits per heavy atom. The molecule has 0 radical (unpaired) electrons. The van der Waals surface area contributed by atoms with Gasteiger partial charge in [-0.2, -0.15) is 0 Å². The lowest BCUT2D eigenvalue weighted by atomic mass is 10.2. The molecule has 0 amide bonds. The Morgan fingerprint density at radius 3 is 2.57 bits per heavy atom. The van der Waals surface area contributed by atoms with Crippen molar-refractivity contribution in [1.29, 1.82) is 0 Å². The van der Waals surface area contributed by atoms with E-state index in [1.807, 2.05) is 18.2 Å². The smallest absolute Gasteiger partial charge is 0.129 e. The van der Waals surface area contributed by atoms with Gasteiger partial charge in [0, 0.05) is 25.7 Å². The molecule has 14 heavy (non-hydrogen) atoms. The molecule has 3 heteroatoms. The average Bonchev–Trinajstić information content (AvgIpc) is 2.47. The van der Waals surface area contributed by atoms with Gasteiger partial charge < -0.3 is 5.73 Å². The van der Waals surface area contributed by atoms with Crippen LogP contribution in [-0.2, 0) is 6.54 Å². The lowest BCUT2D eigenvalue weighted by Gasteiger charge is -2.14. The highest BCUT2D eigenvalue weighted by atomic mass is 19.1. The Hall–Kier alpha value is -0.930. The van der Waals surface area contributed by atoms with Crippen molar-refractivity contribution in [3.8, 4) is 0 Å². The van der Waals surface area contributed by atoms with Gasteiger partial charge in [-0.05, 0) is 5.56 Å². The van der Waals surface area contributed by atoms with Crippen molar-refractivity contribution in [2.75, 3.05) is 13.1 Å². The van der Waals surface area contributed by atoms with E-state index in [4.69, 9.17) is 5.73 Å². The molecule has 2 atom stereocenters. The molecule has 1 aliphatic rings. The Kier molecular flexibility index (Phi) is 2.79. The molecule has 0 spiro atoms. The van der Waals surface area contributed by atoms with E-state index < -0.39 is 6.17 Å². The second-order valence-electron chi connectivity index (χ2n) is 3.86. The Morgan fingerprint density at radius 1 is 1.29 bits per heavy atom. The SMILES string of the molecule is NC1CN(Cc2ccccc2)CC1F. The van der Waals surface area contributed by atoms with Crippen LogP contribution in [-0.4, -0.2) is 30.2 Å². The van der Waals surface area contributed by atoms with E-state index in [2.05, 4.69) is 17.0 Å². The van der Waals surface area contributed by atoms with E-state index in [0.29, 0.717) is 13.1 Å². The fourth-order valence-electron chi connectivity index (χ4n) is 1.84. The summed E-state index contributed by atoms with van der Waals surface area (Å²) in [6, 6.07) is 9.78. The zero-order chi connectivity index (χ0) is 9.97. The molecule has 1 saturated heterocycles. The summed E-state index contributed by atoms with van der Waals surface area (Å²) >= 11 is 0. The van der Waals surface area contributed by atoms with Crippen molar-refractivity contribution in [3.63, 3.8) is 0 Å². The third kappa shape index (κ3) is 2.11. The minimum atomic E-state index is -0.862. The zero-order valence-corrected chi connectivity index (χ0v) is 8.07. The lowest BCUT2D eigenvalue weighted by Crippen LogP contribution is -2.30. The van der Waals surface area contributed by atoms with Crippen LogP contribution < -0.4 is 5.73 Å². The summed E-state index contributed by atoms with van der Waals surface area (Å²) < 4.78 is 13.1. The third-order valence-electron chi connectivity index (χ3n) is 2.62. The first-order chi connectivity index (χ1) is 6.75. The third-order valence-corrected chi connectivity index (χ3v) is 2.62. The first-order valence-electron chi connectivity index (χ1n) is 4.91. The second-order valence-corrected chi connectivity index (χ2v) is 3.86. The molecule has 1 fully saturated rings. The summed E-state index contributed by atoms with van der Waals surface area (Å²) in [5.41, 5.74) is 6.82. The quantitative estimate of drug-likeness (QED) is 0.765. The fraction of sp³-hybridized carbons (Fsp3) is 0.455. The van der Waals surface area contributed by atoms with E-state index in [1.54, 1.807) is 0 Å². The monoisotopic (exact) mass is 194 g/mol. The summed E-state index contributed by atoms with van der Waals surface area (Å²) in [5, 5.41) is 0. The standard InChI is InChI=1S/C11H15FN2/c12-10-7-14(8-11(10)13)6-9-4-2-1-3-5-9/h1-5,10-11H,6-8,13H2. The highest BCUT2D eigenvalue weighted by Crippen LogP contribution is 2.14. The second kappa shape index (κ2) is 4.07. The minimum absolute atomic E-state index is 0.307. The molecule has 0 saturated carbocycles. The number of alkyl halides is 1. The average molecular weight is 194 g/mol. The largest absolute Gasteiger partial charge is 0.324 e. The number of halogens is 1. The summed E-state index contributed by atoms with van der Waals surface area (Å²) in [5.74, 6) is 0. The number of rotatable bonds is 2. The van der Waals surface area contributed by atoms with Crippen molar-refractivity contribution < 1.29 is 4.39 Å².